The summed E-state index contributed by atoms with van der Waals surface area (Å²) in [5.41, 5.74) is 24.8. The molecular formula is C86H56N6. The van der Waals surface area contributed by atoms with Crippen LogP contribution in [0.2, 0.25) is 0 Å². The third kappa shape index (κ3) is 9.99. The fourth-order valence-electron chi connectivity index (χ4n) is 13.1. The van der Waals surface area contributed by atoms with Crippen molar-refractivity contribution in [1.82, 2.24) is 29.1 Å². The van der Waals surface area contributed by atoms with Crippen LogP contribution in [-0.2, 0) is 0 Å². The summed E-state index contributed by atoms with van der Waals surface area (Å²) >= 11 is 0. The number of hydrogen-bond donors (Lipinski definition) is 0. The van der Waals surface area contributed by atoms with Crippen molar-refractivity contribution in [3.05, 3.63) is 340 Å². The van der Waals surface area contributed by atoms with Crippen LogP contribution in [-0.4, -0.2) is 29.1 Å². The highest BCUT2D eigenvalue weighted by Crippen LogP contribution is 2.41. The fraction of sp³-hybridized carbons (Fsp3) is 0. The van der Waals surface area contributed by atoms with Gasteiger partial charge in [0, 0.05) is 60.7 Å². The number of benzene rings is 13. The summed E-state index contributed by atoms with van der Waals surface area (Å²) in [6.45, 7) is 0. The standard InChI is InChI=1S/C86H56N6/c1-7-19-57(20-8-1)67-39-47-80-74(51-67)75-52-68(58-21-9-2-10-22-58)40-48-81(75)91(80)72-43-35-62(36-44-72)78-55-71(61-31-33-66(34-32-61)86-89-84(64-27-15-5-16-28-64)88-85(90-86)65-29-17-6-18-30-65)56-79(87-78)63-37-45-73(46-38-63)92-82-49-41-69(59-23-11-3-12-24-59)53-76(82)77-54-70(42-50-83(77)92)60-25-13-4-14-26-60/h1-56H. The Morgan fingerprint density at radius 1 is 0.163 bits per heavy atom. The highest BCUT2D eigenvalue weighted by molar-refractivity contribution is 6.13. The topological polar surface area (TPSA) is 61.4 Å². The smallest absolute Gasteiger partial charge is 0.164 e. The summed E-state index contributed by atoms with van der Waals surface area (Å²) in [6, 6.07) is 121. The Kier molecular flexibility index (Phi) is 13.4. The average Bonchev–Trinajstić information content (AvgIpc) is 1.60. The van der Waals surface area contributed by atoms with Gasteiger partial charge < -0.3 is 9.13 Å². The van der Waals surface area contributed by atoms with Crippen LogP contribution in [0.1, 0.15) is 0 Å². The van der Waals surface area contributed by atoms with E-state index in [2.05, 4.69) is 288 Å². The summed E-state index contributed by atoms with van der Waals surface area (Å²) in [4.78, 5) is 20.6. The van der Waals surface area contributed by atoms with Crippen molar-refractivity contribution in [3.63, 3.8) is 0 Å². The van der Waals surface area contributed by atoms with Crippen LogP contribution in [0.15, 0.2) is 340 Å². The van der Waals surface area contributed by atoms with Gasteiger partial charge in [0.15, 0.2) is 17.5 Å². The molecule has 0 spiro atoms. The molecular weight excluding hydrogens is 1120 g/mol. The molecule has 6 heteroatoms. The number of fused-ring (bicyclic) bond motifs is 6. The monoisotopic (exact) mass is 1170 g/mol. The molecule has 4 heterocycles. The van der Waals surface area contributed by atoms with Gasteiger partial charge in [-0.25, -0.2) is 19.9 Å². The summed E-state index contributed by atoms with van der Waals surface area (Å²) in [7, 11) is 0. The molecule has 0 aliphatic carbocycles. The number of aromatic nitrogens is 6. The Balaban J connectivity index is 0.781. The largest absolute Gasteiger partial charge is 0.309 e. The molecule has 0 bridgehead atoms. The maximum Gasteiger partial charge on any atom is 0.164 e. The lowest BCUT2D eigenvalue weighted by Crippen LogP contribution is -2.00. The van der Waals surface area contributed by atoms with Crippen molar-refractivity contribution in [2.24, 2.45) is 0 Å². The van der Waals surface area contributed by atoms with Crippen molar-refractivity contribution in [3.8, 4) is 124 Å². The molecule has 6 nitrogen and oxygen atoms in total. The van der Waals surface area contributed by atoms with E-state index in [1.165, 1.54) is 66.1 Å². The summed E-state index contributed by atoms with van der Waals surface area (Å²) in [5.74, 6) is 1.85. The van der Waals surface area contributed by atoms with E-state index >= 15 is 0 Å². The normalized spacial score (nSPS) is 11.5. The Hall–Kier alpha value is -12.4. The van der Waals surface area contributed by atoms with Crippen LogP contribution in [0, 0.1) is 0 Å². The van der Waals surface area contributed by atoms with E-state index in [0.717, 1.165) is 83.8 Å². The molecule has 0 aliphatic rings. The maximum atomic E-state index is 5.54. The maximum absolute atomic E-state index is 5.54. The molecule has 0 atom stereocenters. The van der Waals surface area contributed by atoms with Gasteiger partial charge in [0.2, 0.25) is 0 Å². The van der Waals surface area contributed by atoms with E-state index in [1.807, 2.05) is 60.7 Å². The second-order valence-electron chi connectivity index (χ2n) is 23.4. The van der Waals surface area contributed by atoms with Crippen molar-refractivity contribution in [2.75, 3.05) is 0 Å². The predicted molar refractivity (Wildman–Crippen MR) is 381 cm³/mol. The molecule has 0 saturated heterocycles. The van der Waals surface area contributed by atoms with E-state index in [-0.39, 0.29) is 0 Å². The second kappa shape index (κ2) is 23.0. The predicted octanol–water partition coefficient (Wildman–Crippen LogP) is 22.1. The fourth-order valence-corrected chi connectivity index (χ4v) is 13.1. The van der Waals surface area contributed by atoms with E-state index in [9.17, 15) is 0 Å². The third-order valence-corrected chi connectivity index (χ3v) is 17.8. The molecule has 0 saturated carbocycles. The van der Waals surface area contributed by atoms with Gasteiger partial charge >= 0.3 is 0 Å². The molecule has 0 aliphatic heterocycles. The van der Waals surface area contributed by atoms with Crippen molar-refractivity contribution in [2.45, 2.75) is 0 Å². The van der Waals surface area contributed by atoms with Gasteiger partial charge in [-0.2, -0.15) is 0 Å². The summed E-state index contributed by atoms with van der Waals surface area (Å²) in [6.07, 6.45) is 0. The van der Waals surface area contributed by atoms with Gasteiger partial charge in [-0.1, -0.05) is 255 Å². The van der Waals surface area contributed by atoms with Crippen molar-refractivity contribution >= 4 is 43.6 Å². The van der Waals surface area contributed by atoms with E-state index in [1.54, 1.807) is 0 Å². The van der Waals surface area contributed by atoms with Gasteiger partial charge in [0.25, 0.3) is 0 Å². The van der Waals surface area contributed by atoms with Crippen molar-refractivity contribution in [1.29, 1.82) is 0 Å². The summed E-state index contributed by atoms with van der Waals surface area (Å²) in [5, 5.41) is 4.82. The molecule has 17 aromatic rings. The molecule has 0 amide bonds. The molecule has 0 fully saturated rings. The van der Waals surface area contributed by atoms with Crippen LogP contribution in [0.25, 0.3) is 167 Å². The number of nitrogens with zero attached hydrogens (tertiary/aromatic N) is 6. The minimum absolute atomic E-state index is 0.605. The SMILES string of the molecule is c1ccc(-c2ccc3c(c2)c2cc(-c4ccccc4)ccc2n3-c2ccc(-c3cc(-c4ccc(-c5nc(-c6ccccc6)nc(-c6ccccc6)n5)cc4)cc(-c4ccc(-n5c6ccc(-c7ccccc7)cc6c6cc(-c7ccccc7)ccc65)cc4)n3)cc2)cc1. The zero-order valence-corrected chi connectivity index (χ0v) is 50.0. The minimum Gasteiger partial charge on any atom is -0.309 e. The number of hydrogen-bond acceptors (Lipinski definition) is 4. The van der Waals surface area contributed by atoms with Crippen molar-refractivity contribution < 1.29 is 0 Å². The zero-order valence-electron chi connectivity index (χ0n) is 50.0. The highest BCUT2D eigenvalue weighted by atomic mass is 15.0. The average molecular weight is 1170 g/mol. The van der Waals surface area contributed by atoms with Crippen LogP contribution < -0.4 is 0 Å². The van der Waals surface area contributed by atoms with Crippen LogP contribution in [0.4, 0.5) is 0 Å². The molecule has 430 valence electrons. The molecule has 17 rings (SSSR count). The first-order valence-electron chi connectivity index (χ1n) is 31.2. The first-order valence-corrected chi connectivity index (χ1v) is 31.2. The Morgan fingerprint density at radius 2 is 0.391 bits per heavy atom. The lowest BCUT2D eigenvalue weighted by atomic mass is 9.98. The molecule has 0 N–H and O–H groups in total. The first kappa shape index (κ1) is 53.8. The number of pyridine rings is 1. The number of rotatable bonds is 12. The summed E-state index contributed by atoms with van der Waals surface area (Å²) < 4.78 is 4.80. The lowest BCUT2D eigenvalue weighted by molar-refractivity contribution is 1.07. The van der Waals surface area contributed by atoms with Gasteiger partial charge in [-0.05, 0) is 141 Å². The van der Waals surface area contributed by atoms with Gasteiger partial charge in [0.05, 0.1) is 33.5 Å². The molecule has 0 radical (unpaired) electrons. The first-order chi connectivity index (χ1) is 45.6. The van der Waals surface area contributed by atoms with Crippen LogP contribution in [0.5, 0.6) is 0 Å². The molecule has 92 heavy (non-hydrogen) atoms. The molecule has 0 unspecified atom stereocenters. The van der Waals surface area contributed by atoms with E-state index < -0.39 is 0 Å². The second-order valence-corrected chi connectivity index (χ2v) is 23.4. The Labute approximate surface area is 533 Å². The Bertz CT molecular complexity index is 5040. The van der Waals surface area contributed by atoms with Gasteiger partial charge in [-0.3, -0.25) is 0 Å². The Morgan fingerprint density at radius 3 is 0.685 bits per heavy atom. The molecule has 13 aromatic carbocycles. The highest BCUT2D eigenvalue weighted by Gasteiger charge is 2.20. The van der Waals surface area contributed by atoms with Gasteiger partial charge in [0.1, 0.15) is 0 Å². The minimum atomic E-state index is 0.605. The quantitative estimate of drug-likeness (QED) is 0.122. The van der Waals surface area contributed by atoms with E-state index in [0.29, 0.717) is 17.5 Å². The third-order valence-electron chi connectivity index (χ3n) is 17.8. The van der Waals surface area contributed by atoms with Gasteiger partial charge in [-0.15, -0.1) is 0 Å². The van der Waals surface area contributed by atoms with Crippen LogP contribution >= 0.6 is 0 Å². The zero-order chi connectivity index (χ0) is 60.9. The lowest BCUT2D eigenvalue weighted by Gasteiger charge is -2.14. The van der Waals surface area contributed by atoms with Crippen LogP contribution in [0.3, 0.4) is 0 Å². The van der Waals surface area contributed by atoms with E-state index in [4.69, 9.17) is 19.9 Å². The molecule has 4 aromatic heterocycles.